The Bertz CT molecular complexity index is 454. The van der Waals surface area contributed by atoms with Crippen molar-refractivity contribution < 1.29 is 9.47 Å². The molecule has 5 nitrogen and oxygen atoms in total. The van der Waals surface area contributed by atoms with Gasteiger partial charge >= 0.3 is 0 Å². The van der Waals surface area contributed by atoms with E-state index in [1.165, 1.54) is 11.3 Å². The first-order valence-electron chi connectivity index (χ1n) is 7.25. The Morgan fingerprint density at radius 2 is 2.35 bits per heavy atom. The third-order valence-corrected chi connectivity index (χ3v) is 3.73. The van der Waals surface area contributed by atoms with Gasteiger partial charge in [0, 0.05) is 31.5 Å². The van der Waals surface area contributed by atoms with Gasteiger partial charge in [0.1, 0.15) is 6.10 Å². The number of aromatic nitrogens is 2. The molecule has 0 spiro atoms. The molecule has 5 heteroatoms. The average Bonchev–Trinajstić information content (AvgIpc) is 2.73. The fourth-order valence-corrected chi connectivity index (χ4v) is 2.48. The van der Waals surface area contributed by atoms with Crippen LogP contribution in [-0.4, -0.2) is 36.1 Å². The zero-order valence-electron chi connectivity index (χ0n) is 12.7. The van der Waals surface area contributed by atoms with Crippen LogP contribution in [0.5, 0.6) is 0 Å². The summed E-state index contributed by atoms with van der Waals surface area (Å²) in [6, 6.07) is 0. The van der Waals surface area contributed by atoms with Crippen molar-refractivity contribution in [2.45, 2.75) is 45.9 Å². The van der Waals surface area contributed by atoms with Crippen LogP contribution in [0.15, 0.2) is 12.3 Å². The highest BCUT2D eigenvalue weighted by molar-refractivity contribution is 5.24. The maximum Gasteiger partial charge on any atom is 0.110 e. The van der Waals surface area contributed by atoms with Gasteiger partial charge in [-0.15, -0.1) is 0 Å². The molecule has 1 N–H and O–H groups in total. The number of methoxy groups -OCH3 is 1. The number of aryl methyl sites for hydroxylation is 1. The Balaban J connectivity index is 1.85. The number of nitrogens with one attached hydrogen (secondary N) is 1. The van der Waals surface area contributed by atoms with Crippen LogP contribution in [-0.2, 0) is 22.6 Å². The van der Waals surface area contributed by atoms with Crippen LogP contribution in [0.25, 0.3) is 0 Å². The lowest BCUT2D eigenvalue weighted by atomic mass is 10.1. The minimum Gasteiger partial charge on any atom is -0.497 e. The lowest BCUT2D eigenvalue weighted by molar-refractivity contribution is 0.122. The molecule has 0 fully saturated rings. The number of ether oxygens (including phenoxy) is 2. The summed E-state index contributed by atoms with van der Waals surface area (Å²) in [5.74, 6) is 0. The summed E-state index contributed by atoms with van der Waals surface area (Å²) in [7, 11) is 1.72. The summed E-state index contributed by atoms with van der Waals surface area (Å²) >= 11 is 0. The summed E-state index contributed by atoms with van der Waals surface area (Å²) in [5.41, 5.74) is 3.60. The predicted molar refractivity (Wildman–Crippen MR) is 78.5 cm³/mol. The molecule has 0 aliphatic carbocycles. The van der Waals surface area contributed by atoms with Gasteiger partial charge in [-0.05, 0) is 32.8 Å². The van der Waals surface area contributed by atoms with Crippen molar-refractivity contribution in [2.75, 3.05) is 20.3 Å². The van der Waals surface area contributed by atoms with Crippen molar-refractivity contribution in [1.82, 2.24) is 15.1 Å². The predicted octanol–water partition coefficient (Wildman–Crippen LogP) is 1.93. The van der Waals surface area contributed by atoms with Crippen LogP contribution < -0.4 is 5.32 Å². The van der Waals surface area contributed by atoms with Crippen LogP contribution in [0, 0.1) is 13.8 Å². The Hall–Kier alpha value is -1.33. The molecule has 1 aromatic rings. The van der Waals surface area contributed by atoms with Crippen LogP contribution >= 0.6 is 0 Å². The first-order chi connectivity index (χ1) is 9.72. The molecular formula is C15H25N3O2. The fraction of sp³-hybridized carbons (Fsp3) is 0.667. The van der Waals surface area contributed by atoms with Gasteiger partial charge in [0.2, 0.25) is 0 Å². The number of hydrogen-bond acceptors (Lipinski definition) is 4. The molecule has 112 valence electrons. The van der Waals surface area contributed by atoms with Gasteiger partial charge in [-0.25, -0.2) is 0 Å². The molecule has 2 rings (SSSR count). The summed E-state index contributed by atoms with van der Waals surface area (Å²) < 4.78 is 12.7. The van der Waals surface area contributed by atoms with Crippen molar-refractivity contribution in [1.29, 1.82) is 0 Å². The second kappa shape index (κ2) is 7.45. The molecule has 20 heavy (non-hydrogen) atoms. The highest BCUT2D eigenvalue weighted by Crippen LogP contribution is 2.14. The maximum atomic E-state index is 5.55. The molecule has 1 aliphatic heterocycles. The van der Waals surface area contributed by atoms with E-state index >= 15 is 0 Å². The third kappa shape index (κ3) is 3.84. The molecule has 0 bridgehead atoms. The standard InChI is InChI=1S/C15H25N3O2/c1-12-15(13(2)18(17-12)7-9-19-3)11-16-10-14-6-4-5-8-20-14/h5,8,14,16H,4,6-7,9-11H2,1-3H3. The van der Waals surface area contributed by atoms with Crippen molar-refractivity contribution in [3.8, 4) is 0 Å². The number of allylic oxidation sites excluding steroid dienone is 1. The van der Waals surface area contributed by atoms with E-state index in [1.54, 1.807) is 7.11 Å². The van der Waals surface area contributed by atoms with Crippen molar-refractivity contribution in [3.63, 3.8) is 0 Å². The lowest BCUT2D eigenvalue weighted by Crippen LogP contribution is -2.29. The molecule has 2 heterocycles. The van der Waals surface area contributed by atoms with Gasteiger partial charge in [0.25, 0.3) is 0 Å². The molecule has 0 amide bonds. The molecule has 0 aromatic carbocycles. The number of hydrogen-bond donors (Lipinski definition) is 1. The second-order valence-electron chi connectivity index (χ2n) is 5.20. The molecule has 1 atom stereocenters. The quantitative estimate of drug-likeness (QED) is 0.828. The van der Waals surface area contributed by atoms with Crippen LogP contribution in [0.3, 0.4) is 0 Å². The summed E-state index contributed by atoms with van der Waals surface area (Å²) in [6.45, 7) is 7.40. The molecular weight excluding hydrogens is 254 g/mol. The molecule has 0 saturated heterocycles. The first kappa shape index (κ1) is 15.1. The summed E-state index contributed by atoms with van der Waals surface area (Å²) in [5, 5.41) is 8.05. The van der Waals surface area contributed by atoms with E-state index in [-0.39, 0.29) is 0 Å². The zero-order chi connectivity index (χ0) is 14.4. The van der Waals surface area contributed by atoms with E-state index < -0.39 is 0 Å². The van der Waals surface area contributed by atoms with E-state index in [4.69, 9.17) is 9.47 Å². The van der Waals surface area contributed by atoms with Crippen molar-refractivity contribution in [2.24, 2.45) is 0 Å². The van der Waals surface area contributed by atoms with Gasteiger partial charge in [0.15, 0.2) is 0 Å². The molecule has 0 radical (unpaired) electrons. The smallest absolute Gasteiger partial charge is 0.110 e. The highest BCUT2D eigenvalue weighted by atomic mass is 16.5. The minimum absolute atomic E-state index is 0.296. The van der Waals surface area contributed by atoms with Crippen molar-refractivity contribution >= 4 is 0 Å². The monoisotopic (exact) mass is 279 g/mol. The average molecular weight is 279 g/mol. The second-order valence-corrected chi connectivity index (χ2v) is 5.20. The summed E-state index contributed by atoms with van der Waals surface area (Å²) in [6.07, 6.45) is 6.39. The van der Waals surface area contributed by atoms with E-state index in [9.17, 15) is 0 Å². The van der Waals surface area contributed by atoms with Crippen LogP contribution in [0.2, 0.25) is 0 Å². The van der Waals surface area contributed by atoms with Crippen molar-refractivity contribution in [3.05, 3.63) is 29.3 Å². The maximum absolute atomic E-state index is 5.55. The van der Waals surface area contributed by atoms with E-state index in [0.717, 1.165) is 38.2 Å². The van der Waals surface area contributed by atoms with E-state index in [0.29, 0.717) is 12.7 Å². The van der Waals surface area contributed by atoms with E-state index in [2.05, 4.69) is 30.3 Å². The van der Waals surface area contributed by atoms with Gasteiger partial charge in [-0.1, -0.05) is 0 Å². The van der Waals surface area contributed by atoms with Gasteiger partial charge < -0.3 is 14.8 Å². The number of nitrogens with zero attached hydrogens (tertiary/aromatic N) is 2. The Morgan fingerprint density at radius 1 is 1.50 bits per heavy atom. The topological polar surface area (TPSA) is 48.3 Å². The normalized spacial score (nSPS) is 18.2. The lowest BCUT2D eigenvalue weighted by Gasteiger charge is -2.19. The Morgan fingerprint density at radius 3 is 3.05 bits per heavy atom. The minimum atomic E-state index is 0.296. The first-order valence-corrected chi connectivity index (χ1v) is 7.25. The fourth-order valence-electron chi connectivity index (χ4n) is 2.48. The van der Waals surface area contributed by atoms with Crippen LogP contribution in [0.1, 0.15) is 29.8 Å². The zero-order valence-corrected chi connectivity index (χ0v) is 12.7. The molecule has 1 aliphatic rings. The molecule has 1 aromatic heterocycles. The SMILES string of the molecule is COCCn1nc(C)c(CNCC2CCC=CO2)c1C. The summed E-state index contributed by atoms with van der Waals surface area (Å²) in [4.78, 5) is 0. The van der Waals surface area contributed by atoms with Gasteiger partial charge in [-0.3, -0.25) is 4.68 Å². The molecule has 0 saturated carbocycles. The highest BCUT2D eigenvalue weighted by Gasteiger charge is 2.13. The Kier molecular flexibility index (Phi) is 5.61. The van der Waals surface area contributed by atoms with E-state index in [1.807, 2.05) is 10.9 Å². The third-order valence-electron chi connectivity index (χ3n) is 3.73. The van der Waals surface area contributed by atoms with Gasteiger partial charge in [0.05, 0.1) is 25.1 Å². The molecule has 1 unspecified atom stereocenters. The van der Waals surface area contributed by atoms with Gasteiger partial charge in [-0.2, -0.15) is 5.10 Å². The Labute approximate surface area is 120 Å². The number of rotatable bonds is 7. The largest absolute Gasteiger partial charge is 0.497 e. The van der Waals surface area contributed by atoms with Crippen LogP contribution in [0.4, 0.5) is 0 Å².